The molecule has 1 saturated carbocycles. The van der Waals surface area contributed by atoms with E-state index in [1.54, 1.807) is 45.2 Å². The number of Topliss-reactive ketones (excluding diaryl/α,β-unsaturated/α-hetero) is 2. The number of likely N-dealkylation sites (N-methyl/N-ethyl adjacent to an activating group) is 1. The van der Waals surface area contributed by atoms with Crippen molar-refractivity contribution in [3.63, 3.8) is 0 Å². The molecule has 0 spiro atoms. The first kappa shape index (κ1) is 29.9. The van der Waals surface area contributed by atoms with E-state index in [2.05, 4.69) is 10.3 Å². The molecular formula is C29H35N6O8+. The third-order valence-electron chi connectivity index (χ3n) is 8.56. The number of carbonyl (C=O) groups excluding carboxylic acids is 3. The van der Waals surface area contributed by atoms with Crippen LogP contribution in [0, 0.1) is 11.8 Å². The van der Waals surface area contributed by atoms with Crippen LogP contribution in [0.25, 0.3) is 5.76 Å². The normalized spacial score (nSPS) is 25.0. The fourth-order valence-corrected chi connectivity index (χ4v) is 6.61. The predicted molar refractivity (Wildman–Crippen MR) is 151 cm³/mol. The first-order valence-corrected chi connectivity index (χ1v) is 13.7. The van der Waals surface area contributed by atoms with Gasteiger partial charge in [-0.2, -0.15) is 0 Å². The summed E-state index contributed by atoms with van der Waals surface area (Å²) in [4.78, 5) is 47.3. The molecule has 2 aromatic rings. The van der Waals surface area contributed by atoms with E-state index in [0.717, 1.165) is 10.3 Å². The molecule has 1 amide bonds. The molecule has 5 rings (SSSR count). The second kappa shape index (κ2) is 10.6. The Balaban J connectivity index is 1.61. The number of pyridine rings is 2. The molecule has 0 radical (unpaired) electrons. The summed E-state index contributed by atoms with van der Waals surface area (Å²) >= 11 is 0. The number of rotatable bonds is 7. The first-order chi connectivity index (χ1) is 20.2. The van der Waals surface area contributed by atoms with Gasteiger partial charge in [0.2, 0.25) is 18.2 Å². The maximum Gasteiger partial charge on any atom is 0.255 e. The monoisotopic (exact) mass is 595 g/mol. The van der Waals surface area contributed by atoms with Gasteiger partial charge in [-0.05, 0) is 38.4 Å². The molecule has 4 atom stereocenters. The average molecular weight is 596 g/mol. The smallest absolute Gasteiger partial charge is 0.255 e. The van der Waals surface area contributed by atoms with Crippen LogP contribution in [-0.4, -0.2) is 92.8 Å². The van der Waals surface area contributed by atoms with Crippen molar-refractivity contribution in [2.75, 3.05) is 33.1 Å². The highest BCUT2D eigenvalue weighted by atomic mass is 16.5. The van der Waals surface area contributed by atoms with E-state index in [1.165, 1.54) is 17.3 Å². The summed E-state index contributed by atoms with van der Waals surface area (Å²) in [5.41, 5.74) is 3.10. The van der Waals surface area contributed by atoms with Gasteiger partial charge >= 0.3 is 0 Å². The summed E-state index contributed by atoms with van der Waals surface area (Å²) in [5, 5.41) is 58.3. The van der Waals surface area contributed by atoms with Gasteiger partial charge in [0.05, 0.1) is 17.3 Å². The fraction of sp³-hybridized carbons (Fsp3) is 0.414. The molecular weight excluding hydrogens is 560 g/mol. The largest absolute Gasteiger partial charge is 0.508 e. The van der Waals surface area contributed by atoms with Crippen molar-refractivity contribution in [2.45, 2.75) is 37.6 Å². The molecule has 2 heterocycles. The molecule has 8 N–H and O–H groups in total. The lowest BCUT2D eigenvalue weighted by atomic mass is 9.57. The third kappa shape index (κ3) is 4.58. The zero-order valence-corrected chi connectivity index (χ0v) is 24.2. The Hall–Kier alpha value is -4.53. The first-order valence-electron chi connectivity index (χ1n) is 13.7. The molecule has 3 aliphatic carbocycles. The lowest BCUT2D eigenvalue weighted by molar-refractivity contribution is -0.904. The summed E-state index contributed by atoms with van der Waals surface area (Å²) in [6.07, 6.45) is 3.08. The number of ketones is 2. The summed E-state index contributed by atoms with van der Waals surface area (Å²) in [6, 6.07) is 2.25. The molecule has 1 fully saturated rings. The molecule has 0 bridgehead atoms. The van der Waals surface area contributed by atoms with Gasteiger partial charge in [0.1, 0.15) is 28.7 Å². The van der Waals surface area contributed by atoms with Crippen molar-refractivity contribution < 1.29 is 44.7 Å². The zero-order valence-electron chi connectivity index (χ0n) is 24.2. The zero-order chi connectivity index (χ0) is 31.5. The Morgan fingerprint density at radius 1 is 1.14 bits per heavy atom. The van der Waals surface area contributed by atoms with Gasteiger partial charge in [0.25, 0.3) is 5.91 Å². The van der Waals surface area contributed by atoms with Crippen LogP contribution in [0.15, 0.2) is 41.4 Å². The summed E-state index contributed by atoms with van der Waals surface area (Å²) in [6.45, 7) is 0.454. The van der Waals surface area contributed by atoms with E-state index in [4.69, 9.17) is 5.73 Å². The number of amides is 1. The number of primary amides is 1. The SMILES string of the molecule is CN(C)c1nc(CNCc2cc[n+](O)cc2)c(O)c2c1C[C@@H]1C[C@@H]3[C@@H](N(C)C)C(=O)C(C(N)=O)=C(O)[C@]3(O)C(=O)C1=C2O. The van der Waals surface area contributed by atoms with E-state index in [0.29, 0.717) is 17.9 Å². The van der Waals surface area contributed by atoms with Crippen molar-refractivity contribution in [3.05, 3.63) is 63.8 Å². The minimum Gasteiger partial charge on any atom is -0.508 e. The molecule has 14 nitrogen and oxygen atoms in total. The number of carbonyl (C=O) groups is 3. The Morgan fingerprint density at radius 2 is 1.79 bits per heavy atom. The minimum atomic E-state index is -2.70. The number of fused-ring (bicyclic) bond motifs is 3. The Kier molecular flexibility index (Phi) is 7.40. The van der Waals surface area contributed by atoms with Crippen molar-refractivity contribution in [1.29, 1.82) is 0 Å². The highest BCUT2D eigenvalue weighted by Gasteiger charge is 2.64. The predicted octanol–water partition coefficient (Wildman–Crippen LogP) is -0.760. The number of nitrogens with two attached hydrogens (primary N) is 1. The van der Waals surface area contributed by atoms with Crippen LogP contribution in [0.3, 0.4) is 0 Å². The number of nitrogens with zero attached hydrogens (tertiary/aromatic N) is 4. The molecule has 2 aromatic heterocycles. The van der Waals surface area contributed by atoms with Crippen LogP contribution in [-0.2, 0) is 33.9 Å². The van der Waals surface area contributed by atoms with Crippen LogP contribution in [0.2, 0.25) is 0 Å². The van der Waals surface area contributed by atoms with Gasteiger partial charge in [0, 0.05) is 61.1 Å². The molecule has 0 aromatic carbocycles. The second-order valence-electron chi connectivity index (χ2n) is 11.6. The highest BCUT2D eigenvalue weighted by Crippen LogP contribution is 2.53. The van der Waals surface area contributed by atoms with Gasteiger partial charge < -0.3 is 36.4 Å². The van der Waals surface area contributed by atoms with E-state index in [9.17, 15) is 40.0 Å². The van der Waals surface area contributed by atoms with Crippen LogP contribution in [0.1, 0.15) is 28.8 Å². The Bertz CT molecular complexity index is 1600. The molecule has 14 heteroatoms. The van der Waals surface area contributed by atoms with Gasteiger partial charge in [-0.3, -0.25) is 24.5 Å². The number of hydrogen-bond acceptors (Lipinski definition) is 12. The summed E-state index contributed by atoms with van der Waals surface area (Å²) in [7, 11) is 6.61. The van der Waals surface area contributed by atoms with Gasteiger partial charge in [-0.25, -0.2) is 4.98 Å². The minimum absolute atomic E-state index is 0.00633. The molecule has 43 heavy (non-hydrogen) atoms. The number of anilines is 1. The standard InChI is InChI=1S/C29H34N6O8/c1-33(2)21-16-10-14-9-15-19(23(37)18(14)25(39)29(16,42)26(40)20(24(21)38)27(30)41)22(36)17(32-28(15)34(3)4)12-31-11-13-5-7-35(43)8-6-13/h5-8,14,16,21,31,42H,9-12H2,1-4H3,(H5-,30,36,37,38,39,40,41,43)/p+1/t14-,16-,21-,29-/m1/s1. The highest BCUT2D eigenvalue weighted by molar-refractivity contribution is 6.24. The molecule has 0 aliphatic heterocycles. The fourth-order valence-electron chi connectivity index (χ4n) is 6.61. The number of aromatic nitrogens is 2. The number of nitrogens with one attached hydrogen (secondary N) is 1. The lowest BCUT2D eigenvalue weighted by Crippen LogP contribution is -2.65. The lowest BCUT2D eigenvalue weighted by Gasteiger charge is -2.50. The maximum absolute atomic E-state index is 14.1. The molecule has 0 unspecified atom stereocenters. The van der Waals surface area contributed by atoms with Gasteiger partial charge in [0.15, 0.2) is 11.4 Å². The molecule has 228 valence electrons. The van der Waals surface area contributed by atoms with Crippen molar-refractivity contribution in [1.82, 2.24) is 15.2 Å². The van der Waals surface area contributed by atoms with E-state index < -0.39 is 58.0 Å². The third-order valence-corrected chi connectivity index (χ3v) is 8.56. The van der Waals surface area contributed by atoms with E-state index >= 15 is 0 Å². The maximum atomic E-state index is 14.1. The molecule has 3 aliphatic rings. The van der Waals surface area contributed by atoms with E-state index in [1.807, 2.05) is 0 Å². The summed E-state index contributed by atoms with van der Waals surface area (Å²) < 4.78 is 0.911. The number of aromatic hydroxyl groups is 1. The summed E-state index contributed by atoms with van der Waals surface area (Å²) in [5.74, 6) is -6.62. The van der Waals surface area contributed by atoms with E-state index in [-0.39, 0.29) is 42.0 Å². The number of aliphatic hydroxyl groups is 3. The van der Waals surface area contributed by atoms with Crippen LogP contribution in [0.4, 0.5) is 5.82 Å². The van der Waals surface area contributed by atoms with Gasteiger partial charge in [-0.1, -0.05) is 0 Å². The second-order valence-corrected chi connectivity index (χ2v) is 11.6. The number of hydrogen-bond donors (Lipinski definition) is 7. The van der Waals surface area contributed by atoms with Crippen LogP contribution in [0.5, 0.6) is 5.75 Å². The van der Waals surface area contributed by atoms with Gasteiger partial charge in [-0.15, -0.1) is 0 Å². The Labute approximate surface area is 246 Å². The Morgan fingerprint density at radius 3 is 2.37 bits per heavy atom. The van der Waals surface area contributed by atoms with Crippen molar-refractivity contribution >= 4 is 29.1 Å². The number of aliphatic hydroxyl groups excluding tert-OH is 2. The van der Waals surface area contributed by atoms with Crippen LogP contribution < -0.4 is 20.7 Å². The van der Waals surface area contributed by atoms with Crippen molar-refractivity contribution in [2.24, 2.45) is 17.6 Å². The average Bonchev–Trinajstić information content (AvgIpc) is 2.92. The molecule has 0 saturated heterocycles. The quantitative estimate of drug-likeness (QED) is 0.120. The topological polar surface area (TPSA) is 214 Å². The van der Waals surface area contributed by atoms with Crippen molar-refractivity contribution in [3.8, 4) is 5.75 Å². The van der Waals surface area contributed by atoms with Crippen LogP contribution >= 0.6 is 0 Å².